The summed E-state index contributed by atoms with van der Waals surface area (Å²) in [5.41, 5.74) is -1.32. The third-order valence-electron chi connectivity index (χ3n) is 2.34. The molecule has 2 rings (SSSR count). The highest BCUT2D eigenvalue weighted by Crippen LogP contribution is 2.35. The first-order valence-corrected chi connectivity index (χ1v) is 6.33. The Kier molecular flexibility index (Phi) is 4.05. The SMILES string of the molecule is O=c1[nH]cnc(Nc2cc(C(F)(F)F)ccc2Br)c1Cl. The molecule has 0 spiro atoms. The summed E-state index contributed by atoms with van der Waals surface area (Å²) in [5, 5.41) is 2.34. The minimum absolute atomic E-state index is 0.0320. The van der Waals surface area contributed by atoms with Crippen molar-refractivity contribution in [2.75, 3.05) is 5.32 Å². The summed E-state index contributed by atoms with van der Waals surface area (Å²) >= 11 is 8.83. The van der Waals surface area contributed by atoms with Crippen molar-refractivity contribution in [3.8, 4) is 0 Å². The van der Waals surface area contributed by atoms with E-state index < -0.39 is 17.3 Å². The Morgan fingerprint density at radius 1 is 1.35 bits per heavy atom. The van der Waals surface area contributed by atoms with Gasteiger partial charge in [-0.1, -0.05) is 11.6 Å². The Bertz CT molecular complexity index is 702. The van der Waals surface area contributed by atoms with E-state index in [1.807, 2.05) is 0 Å². The smallest absolute Gasteiger partial charge is 0.338 e. The molecule has 1 heterocycles. The number of benzene rings is 1. The molecule has 4 nitrogen and oxygen atoms in total. The highest BCUT2D eigenvalue weighted by atomic mass is 79.9. The molecule has 9 heteroatoms. The lowest BCUT2D eigenvalue weighted by Crippen LogP contribution is -2.10. The molecule has 0 atom stereocenters. The van der Waals surface area contributed by atoms with Crippen LogP contribution in [0.3, 0.4) is 0 Å². The van der Waals surface area contributed by atoms with Gasteiger partial charge in [0.1, 0.15) is 5.02 Å². The molecule has 0 amide bonds. The summed E-state index contributed by atoms with van der Waals surface area (Å²) < 4.78 is 38.3. The van der Waals surface area contributed by atoms with E-state index in [1.54, 1.807) is 0 Å². The van der Waals surface area contributed by atoms with Gasteiger partial charge in [0, 0.05) is 4.47 Å². The van der Waals surface area contributed by atoms with Crippen molar-refractivity contribution in [1.82, 2.24) is 9.97 Å². The number of hydrogen-bond donors (Lipinski definition) is 2. The summed E-state index contributed by atoms with van der Waals surface area (Å²) in [6, 6.07) is 3.07. The molecule has 0 aliphatic rings. The lowest BCUT2D eigenvalue weighted by molar-refractivity contribution is -0.137. The van der Waals surface area contributed by atoms with Crippen molar-refractivity contribution in [3.05, 3.63) is 49.9 Å². The molecule has 0 radical (unpaired) electrons. The van der Waals surface area contributed by atoms with Crippen LogP contribution in [0, 0.1) is 0 Å². The van der Waals surface area contributed by atoms with E-state index in [1.165, 1.54) is 6.07 Å². The van der Waals surface area contributed by atoms with Crippen LogP contribution in [-0.2, 0) is 6.18 Å². The van der Waals surface area contributed by atoms with E-state index in [4.69, 9.17) is 11.6 Å². The molecule has 0 aliphatic heterocycles. The third-order valence-corrected chi connectivity index (χ3v) is 3.39. The third kappa shape index (κ3) is 3.13. The van der Waals surface area contributed by atoms with Crippen molar-refractivity contribution >= 4 is 39.0 Å². The number of hydrogen-bond acceptors (Lipinski definition) is 3. The fourth-order valence-electron chi connectivity index (χ4n) is 1.40. The normalized spacial score (nSPS) is 11.4. The molecule has 0 unspecified atom stereocenters. The predicted octanol–water partition coefficient (Wildman–Crippen LogP) is 3.95. The summed E-state index contributed by atoms with van der Waals surface area (Å²) in [6.45, 7) is 0. The van der Waals surface area contributed by atoms with E-state index in [9.17, 15) is 18.0 Å². The molecule has 0 aliphatic carbocycles. The number of aromatic nitrogens is 2. The Morgan fingerprint density at radius 2 is 2.05 bits per heavy atom. The molecular weight excluding hydrogens is 362 g/mol. The second-order valence-corrected chi connectivity index (χ2v) is 4.94. The molecule has 1 aromatic carbocycles. The van der Waals surface area contributed by atoms with Gasteiger partial charge >= 0.3 is 6.18 Å². The highest BCUT2D eigenvalue weighted by Gasteiger charge is 2.31. The Balaban J connectivity index is 2.43. The summed E-state index contributed by atoms with van der Waals surface area (Å²) in [5.74, 6) is -0.0320. The highest BCUT2D eigenvalue weighted by molar-refractivity contribution is 9.10. The number of halogens is 5. The van der Waals surface area contributed by atoms with Gasteiger partial charge in [0.25, 0.3) is 5.56 Å². The molecule has 2 N–H and O–H groups in total. The molecule has 1 aromatic heterocycles. The van der Waals surface area contributed by atoms with E-state index in [0.717, 1.165) is 18.5 Å². The zero-order chi connectivity index (χ0) is 14.9. The number of anilines is 2. The molecule has 0 bridgehead atoms. The number of nitrogens with one attached hydrogen (secondary N) is 2. The van der Waals surface area contributed by atoms with Crippen molar-refractivity contribution in [2.45, 2.75) is 6.18 Å². The molecule has 20 heavy (non-hydrogen) atoms. The average Bonchev–Trinajstić information content (AvgIpc) is 2.36. The number of aromatic amines is 1. The van der Waals surface area contributed by atoms with Gasteiger partial charge in [0.2, 0.25) is 0 Å². The van der Waals surface area contributed by atoms with Gasteiger partial charge in [-0.3, -0.25) is 4.79 Å². The van der Waals surface area contributed by atoms with Crippen molar-refractivity contribution in [2.24, 2.45) is 0 Å². The Labute approximate surface area is 124 Å². The van der Waals surface area contributed by atoms with Gasteiger partial charge in [-0.25, -0.2) is 4.98 Å². The van der Waals surface area contributed by atoms with E-state index in [2.05, 4.69) is 31.2 Å². The largest absolute Gasteiger partial charge is 0.416 e. The summed E-state index contributed by atoms with van der Waals surface area (Å²) in [6.07, 6.45) is -3.37. The first kappa shape index (κ1) is 14.9. The van der Waals surface area contributed by atoms with Crippen molar-refractivity contribution in [1.29, 1.82) is 0 Å². The summed E-state index contributed by atoms with van der Waals surface area (Å²) in [7, 11) is 0. The van der Waals surface area contributed by atoms with Crippen molar-refractivity contribution in [3.63, 3.8) is 0 Å². The topological polar surface area (TPSA) is 57.8 Å². The van der Waals surface area contributed by atoms with Gasteiger partial charge in [-0.05, 0) is 34.1 Å². The monoisotopic (exact) mass is 367 g/mol. The second kappa shape index (κ2) is 5.45. The minimum Gasteiger partial charge on any atom is -0.338 e. The van der Waals surface area contributed by atoms with E-state index in [0.29, 0.717) is 4.47 Å². The summed E-state index contributed by atoms with van der Waals surface area (Å²) in [4.78, 5) is 17.3. The van der Waals surface area contributed by atoms with Gasteiger partial charge in [-0.2, -0.15) is 13.2 Å². The van der Waals surface area contributed by atoms with E-state index in [-0.39, 0.29) is 16.5 Å². The molecule has 0 saturated carbocycles. The van der Waals surface area contributed by atoms with Gasteiger partial charge < -0.3 is 10.3 Å². The Morgan fingerprint density at radius 3 is 2.70 bits per heavy atom. The molecule has 0 fully saturated rings. The van der Waals surface area contributed by atoms with Crippen LogP contribution in [0.5, 0.6) is 0 Å². The van der Waals surface area contributed by atoms with Gasteiger partial charge in [0.15, 0.2) is 5.82 Å². The fraction of sp³-hybridized carbons (Fsp3) is 0.0909. The van der Waals surface area contributed by atoms with E-state index >= 15 is 0 Å². The molecule has 0 saturated heterocycles. The van der Waals surface area contributed by atoms with Crippen LogP contribution in [0.2, 0.25) is 5.02 Å². The molecule has 106 valence electrons. The number of H-pyrrole nitrogens is 1. The minimum atomic E-state index is -4.47. The average molecular weight is 369 g/mol. The zero-order valence-corrected chi connectivity index (χ0v) is 11.9. The standard InChI is InChI=1S/C11H6BrClF3N3O/c12-6-2-1-5(11(14,15)16)3-7(6)19-9-8(13)10(20)18-4-17-9/h1-4H,(H2,17,18,19,20). The van der Waals surface area contributed by atoms with Crippen LogP contribution in [0.4, 0.5) is 24.7 Å². The van der Waals surface area contributed by atoms with Crippen LogP contribution in [-0.4, -0.2) is 9.97 Å². The van der Waals surface area contributed by atoms with Gasteiger partial charge in [-0.15, -0.1) is 0 Å². The number of rotatable bonds is 2. The lowest BCUT2D eigenvalue weighted by Gasteiger charge is -2.12. The van der Waals surface area contributed by atoms with Crippen molar-refractivity contribution < 1.29 is 13.2 Å². The quantitative estimate of drug-likeness (QED) is 0.844. The maximum Gasteiger partial charge on any atom is 0.416 e. The predicted molar refractivity (Wildman–Crippen MR) is 72.3 cm³/mol. The fourth-order valence-corrected chi connectivity index (χ4v) is 1.89. The lowest BCUT2D eigenvalue weighted by atomic mass is 10.2. The van der Waals surface area contributed by atoms with Crippen LogP contribution in [0.1, 0.15) is 5.56 Å². The van der Waals surface area contributed by atoms with Crippen LogP contribution in [0.15, 0.2) is 33.8 Å². The van der Waals surface area contributed by atoms with Crippen LogP contribution >= 0.6 is 27.5 Å². The number of nitrogens with zero attached hydrogens (tertiary/aromatic N) is 1. The second-order valence-electron chi connectivity index (χ2n) is 3.71. The first-order valence-electron chi connectivity index (χ1n) is 5.16. The molecular formula is C11H6BrClF3N3O. The number of alkyl halides is 3. The van der Waals surface area contributed by atoms with Crippen LogP contribution in [0.25, 0.3) is 0 Å². The zero-order valence-electron chi connectivity index (χ0n) is 9.55. The maximum atomic E-state index is 12.6. The van der Waals surface area contributed by atoms with Crippen LogP contribution < -0.4 is 10.9 Å². The Hall–Kier alpha value is -1.54. The molecule has 2 aromatic rings. The van der Waals surface area contributed by atoms with Gasteiger partial charge in [0.05, 0.1) is 17.6 Å². The maximum absolute atomic E-state index is 12.6. The first-order chi connectivity index (χ1) is 9.29.